The molecule has 1 N–H and O–H groups in total. The summed E-state index contributed by atoms with van der Waals surface area (Å²) in [4.78, 5) is 21.4. The van der Waals surface area contributed by atoms with Crippen LogP contribution in [0, 0.1) is 0 Å². The molecule has 1 aromatic heterocycles. The minimum Gasteiger partial charge on any atom is -0.506 e. The van der Waals surface area contributed by atoms with Crippen LogP contribution in [0.15, 0.2) is 42.7 Å². The second-order valence-corrected chi connectivity index (χ2v) is 7.28. The Hall–Kier alpha value is -2.40. The Bertz CT molecular complexity index is 761. The number of amides is 1. The molecular weight excluding hydrogens is 326 g/mol. The number of hydrogen-bond donors (Lipinski definition) is 1. The van der Waals surface area contributed by atoms with Crippen molar-refractivity contribution in [1.82, 2.24) is 14.8 Å². The van der Waals surface area contributed by atoms with Crippen LogP contribution in [0.25, 0.3) is 11.1 Å². The van der Waals surface area contributed by atoms with Crippen LogP contribution in [0.1, 0.15) is 36.0 Å². The quantitative estimate of drug-likeness (QED) is 0.923. The van der Waals surface area contributed by atoms with Gasteiger partial charge in [-0.1, -0.05) is 12.1 Å². The lowest BCUT2D eigenvalue weighted by atomic mass is 10.0. The van der Waals surface area contributed by atoms with Crippen LogP contribution in [0.2, 0.25) is 0 Å². The van der Waals surface area contributed by atoms with E-state index >= 15 is 0 Å². The first-order valence-electron chi connectivity index (χ1n) is 9.48. The van der Waals surface area contributed by atoms with Gasteiger partial charge in [0.2, 0.25) is 0 Å². The number of pyridine rings is 1. The molecular formula is C21H25N3O2. The zero-order chi connectivity index (χ0) is 17.9. The standard InChI is InChI=1S/C21H25N3O2/c25-20-13-18(14-22-15-20)16-3-5-17(6-4-16)21(26)24-11-7-19(8-12-24)23-9-1-2-10-23/h3-6,13-15,19,25H,1-2,7-12H2. The summed E-state index contributed by atoms with van der Waals surface area (Å²) < 4.78 is 0. The number of rotatable bonds is 3. The molecule has 5 nitrogen and oxygen atoms in total. The van der Waals surface area contributed by atoms with E-state index in [0.717, 1.165) is 42.6 Å². The third-order valence-corrected chi connectivity index (χ3v) is 5.60. The highest BCUT2D eigenvalue weighted by molar-refractivity contribution is 5.94. The molecule has 3 heterocycles. The SMILES string of the molecule is O=C(c1ccc(-c2cncc(O)c2)cc1)N1CCC(N2CCCC2)CC1. The van der Waals surface area contributed by atoms with E-state index in [-0.39, 0.29) is 11.7 Å². The lowest BCUT2D eigenvalue weighted by Gasteiger charge is -2.36. The van der Waals surface area contributed by atoms with Gasteiger partial charge >= 0.3 is 0 Å². The highest BCUT2D eigenvalue weighted by atomic mass is 16.3. The number of carbonyl (C=O) groups is 1. The smallest absolute Gasteiger partial charge is 0.253 e. The second kappa shape index (κ2) is 7.46. The molecule has 2 saturated heterocycles. The molecule has 4 rings (SSSR count). The van der Waals surface area contributed by atoms with Crippen molar-refractivity contribution in [3.8, 4) is 16.9 Å². The second-order valence-electron chi connectivity index (χ2n) is 7.28. The lowest BCUT2D eigenvalue weighted by molar-refractivity contribution is 0.0644. The fraction of sp³-hybridized carbons (Fsp3) is 0.429. The molecule has 0 saturated carbocycles. The number of benzene rings is 1. The van der Waals surface area contributed by atoms with Gasteiger partial charge in [0.1, 0.15) is 5.75 Å². The Morgan fingerprint density at radius 2 is 1.65 bits per heavy atom. The van der Waals surface area contributed by atoms with Gasteiger partial charge in [-0.15, -0.1) is 0 Å². The molecule has 0 aliphatic carbocycles. The van der Waals surface area contributed by atoms with Crippen molar-refractivity contribution in [1.29, 1.82) is 0 Å². The molecule has 2 aliphatic rings. The molecule has 136 valence electrons. The maximum atomic E-state index is 12.8. The number of aromatic nitrogens is 1. The monoisotopic (exact) mass is 351 g/mol. The maximum Gasteiger partial charge on any atom is 0.253 e. The Kier molecular flexibility index (Phi) is 4.89. The van der Waals surface area contributed by atoms with Crippen LogP contribution in [-0.2, 0) is 0 Å². The molecule has 0 bridgehead atoms. The van der Waals surface area contributed by atoms with Crippen molar-refractivity contribution in [3.63, 3.8) is 0 Å². The number of piperidine rings is 1. The largest absolute Gasteiger partial charge is 0.506 e. The first-order valence-corrected chi connectivity index (χ1v) is 9.48. The molecule has 26 heavy (non-hydrogen) atoms. The summed E-state index contributed by atoms with van der Waals surface area (Å²) in [5.41, 5.74) is 2.51. The van der Waals surface area contributed by atoms with E-state index in [9.17, 15) is 9.90 Å². The van der Waals surface area contributed by atoms with Crippen molar-refractivity contribution in [3.05, 3.63) is 48.3 Å². The van der Waals surface area contributed by atoms with Crippen molar-refractivity contribution < 1.29 is 9.90 Å². The zero-order valence-electron chi connectivity index (χ0n) is 15.0. The van der Waals surface area contributed by atoms with E-state index in [0.29, 0.717) is 6.04 Å². The molecule has 0 unspecified atom stereocenters. The molecule has 1 amide bonds. The van der Waals surface area contributed by atoms with Crippen LogP contribution >= 0.6 is 0 Å². The first kappa shape index (κ1) is 17.0. The number of hydrogen-bond acceptors (Lipinski definition) is 4. The maximum absolute atomic E-state index is 12.8. The van der Waals surface area contributed by atoms with E-state index < -0.39 is 0 Å². The molecule has 2 aromatic rings. The number of nitrogens with zero attached hydrogens (tertiary/aromatic N) is 3. The van der Waals surface area contributed by atoms with Gasteiger partial charge in [0.25, 0.3) is 5.91 Å². The molecule has 0 spiro atoms. The van der Waals surface area contributed by atoms with Crippen LogP contribution < -0.4 is 0 Å². The van der Waals surface area contributed by atoms with Crippen LogP contribution in [0.3, 0.4) is 0 Å². The Morgan fingerprint density at radius 3 is 2.31 bits per heavy atom. The number of likely N-dealkylation sites (tertiary alicyclic amines) is 2. The van der Waals surface area contributed by atoms with E-state index in [1.807, 2.05) is 29.2 Å². The van der Waals surface area contributed by atoms with Gasteiger partial charge in [0.05, 0.1) is 6.20 Å². The van der Waals surface area contributed by atoms with Crippen molar-refractivity contribution in [2.45, 2.75) is 31.7 Å². The summed E-state index contributed by atoms with van der Waals surface area (Å²) in [5, 5.41) is 9.56. The fourth-order valence-electron chi connectivity index (χ4n) is 4.11. The van der Waals surface area contributed by atoms with Crippen LogP contribution in [0.4, 0.5) is 0 Å². The fourth-order valence-corrected chi connectivity index (χ4v) is 4.11. The third kappa shape index (κ3) is 3.58. The van der Waals surface area contributed by atoms with Gasteiger partial charge in [-0.25, -0.2) is 0 Å². The van der Waals surface area contributed by atoms with Crippen molar-refractivity contribution in [2.75, 3.05) is 26.2 Å². The summed E-state index contributed by atoms with van der Waals surface area (Å²) in [5.74, 6) is 0.258. The van der Waals surface area contributed by atoms with Crippen molar-refractivity contribution in [2.24, 2.45) is 0 Å². The van der Waals surface area contributed by atoms with Gasteiger partial charge in [-0.05, 0) is 62.5 Å². The van der Waals surface area contributed by atoms with Gasteiger partial charge in [-0.2, -0.15) is 0 Å². The summed E-state index contributed by atoms with van der Waals surface area (Å²) in [6.07, 6.45) is 7.92. The van der Waals surface area contributed by atoms with E-state index in [1.54, 1.807) is 12.3 Å². The average Bonchev–Trinajstić information content (AvgIpc) is 3.23. The summed E-state index contributed by atoms with van der Waals surface area (Å²) in [7, 11) is 0. The Morgan fingerprint density at radius 1 is 0.962 bits per heavy atom. The minimum absolute atomic E-state index is 0.116. The predicted molar refractivity (Wildman–Crippen MR) is 101 cm³/mol. The van der Waals surface area contributed by atoms with Gasteiger partial charge < -0.3 is 14.9 Å². The Labute approximate surface area is 154 Å². The minimum atomic E-state index is 0.116. The molecule has 2 fully saturated rings. The molecule has 2 aliphatic heterocycles. The third-order valence-electron chi connectivity index (χ3n) is 5.60. The average molecular weight is 351 g/mol. The highest BCUT2D eigenvalue weighted by Gasteiger charge is 2.28. The van der Waals surface area contributed by atoms with E-state index in [4.69, 9.17) is 0 Å². The van der Waals surface area contributed by atoms with Crippen LogP contribution in [0.5, 0.6) is 5.75 Å². The highest BCUT2D eigenvalue weighted by Crippen LogP contribution is 2.24. The summed E-state index contributed by atoms with van der Waals surface area (Å²) in [6.45, 7) is 4.14. The molecule has 1 aromatic carbocycles. The topological polar surface area (TPSA) is 56.7 Å². The number of carbonyl (C=O) groups excluding carboxylic acids is 1. The molecule has 5 heteroatoms. The molecule has 0 atom stereocenters. The van der Waals surface area contributed by atoms with Crippen molar-refractivity contribution >= 4 is 5.91 Å². The number of aromatic hydroxyl groups is 1. The van der Waals surface area contributed by atoms with Gasteiger partial charge in [-0.3, -0.25) is 9.78 Å². The molecule has 0 radical (unpaired) electrons. The van der Waals surface area contributed by atoms with Gasteiger partial charge in [0.15, 0.2) is 0 Å². The van der Waals surface area contributed by atoms with Crippen LogP contribution in [-0.4, -0.2) is 58.0 Å². The predicted octanol–water partition coefficient (Wildman–Crippen LogP) is 3.15. The first-order chi connectivity index (χ1) is 12.7. The zero-order valence-corrected chi connectivity index (χ0v) is 15.0. The van der Waals surface area contributed by atoms with Gasteiger partial charge in [0, 0.05) is 36.5 Å². The normalized spacial score (nSPS) is 19.0. The van der Waals surface area contributed by atoms with E-state index in [1.165, 1.54) is 32.1 Å². The van der Waals surface area contributed by atoms with E-state index in [2.05, 4.69) is 9.88 Å². The summed E-state index contributed by atoms with van der Waals surface area (Å²) >= 11 is 0. The Balaban J connectivity index is 1.39. The lowest BCUT2D eigenvalue weighted by Crippen LogP contribution is -2.45. The summed E-state index contributed by atoms with van der Waals surface area (Å²) in [6, 6.07) is 9.90.